The first-order valence-electron chi connectivity index (χ1n) is 13.0. The van der Waals surface area contributed by atoms with Gasteiger partial charge in [0.05, 0.1) is 33.5 Å². The van der Waals surface area contributed by atoms with Gasteiger partial charge in [-0.25, -0.2) is 0 Å². The second-order valence-electron chi connectivity index (χ2n) is 8.91. The summed E-state index contributed by atoms with van der Waals surface area (Å²) in [7, 11) is 1.57. The standard InChI is InChI=1S/C31H34N2O6/c1-6-37-27-16-22(17-28(38-7-2)29(27)39-8-3)31(35)33(24-10-9-11-25(18-24)36-5)19-23-15-21-14-20(4)12-13-26(21)32-30(23)34/h9-18H,6-8,19H2,1-5H3,(H,32,34). The molecule has 0 fully saturated rings. The maximum absolute atomic E-state index is 14.2. The first-order chi connectivity index (χ1) is 18.9. The maximum atomic E-state index is 14.2. The highest BCUT2D eigenvalue weighted by Crippen LogP contribution is 2.40. The molecule has 4 aromatic rings. The summed E-state index contributed by atoms with van der Waals surface area (Å²) in [6, 6.07) is 18.1. The molecule has 1 N–H and O–H groups in total. The summed E-state index contributed by atoms with van der Waals surface area (Å²) in [6.45, 7) is 8.80. The number of methoxy groups -OCH3 is 1. The van der Waals surface area contributed by atoms with Crippen LogP contribution in [0.3, 0.4) is 0 Å². The van der Waals surface area contributed by atoms with Gasteiger partial charge in [0, 0.05) is 28.4 Å². The summed E-state index contributed by atoms with van der Waals surface area (Å²) in [5.41, 5.74) is 2.91. The lowest BCUT2D eigenvalue weighted by Gasteiger charge is -2.25. The van der Waals surface area contributed by atoms with E-state index in [1.165, 1.54) is 0 Å². The number of ether oxygens (including phenoxy) is 4. The van der Waals surface area contributed by atoms with Crippen LogP contribution in [0.4, 0.5) is 5.69 Å². The van der Waals surface area contributed by atoms with E-state index in [4.69, 9.17) is 18.9 Å². The molecule has 39 heavy (non-hydrogen) atoms. The van der Waals surface area contributed by atoms with Gasteiger partial charge >= 0.3 is 0 Å². The van der Waals surface area contributed by atoms with Crippen LogP contribution in [-0.4, -0.2) is 37.8 Å². The lowest BCUT2D eigenvalue weighted by molar-refractivity contribution is 0.0984. The highest BCUT2D eigenvalue weighted by Gasteiger charge is 2.24. The third-order valence-corrected chi connectivity index (χ3v) is 6.17. The topological polar surface area (TPSA) is 90.1 Å². The van der Waals surface area contributed by atoms with Crippen LogP contribution in [0, 0.1) is 6.92 Å². The number of nitrogens with zero attached hydrogens (tertiary/aromatic N) is 1. The van der Waals surface area contributed by atoms with E-state index in [1.54, 1.807) is 48.4 Å². The number of hydrogen-bond acceptors (Lipinski definition) is 6. The van der Waals surface area contributed by atoms with E-state index in [-0.39, 0.29) is 18.0 Å². The number of aromatic nitrogens is 1. The minimum Gasteiger partial charge on any atom is -0.497 e. The Balaban J connectivity index is 1.84. The molecule has 1 aromatic heterocycles. The largest absolute Gasteiger partial charge is 0.497 e. The Hall–Kier alpha value is -4.46. The Morgan fingerprint density at radius 2 is 1.56 bits per heavy atom. The summed E-state index contributed by atoms with van der Waals surface area (Å²) < 4.78 is 22.9. The average molecular weight is 531 g/mol. The van der Waals surface area contributed by atoms with Gasteiger partial charge in [-0.1, -0.05) is 17.7 Å². The van der Waals surface area contributed by atoms with Gasteiger partial charge in [0.15, 0.2) is 11.5 Å². The molecule has 0 aliphatic heterocycles. The number of H-pyrrole nitrogens is 1. The molecule has 0 saturated carbocycles. The fourth-order valence-corrected chi connectivity index (χ4v) is 4.39. The van der Waals surface area contributed by atoms with E-state index in [2.05, 4.69) is 4.98 Å². The van der Waals surface area contributed by atoms with Crippen molar-refractivity contribution in [3.63, 3.8) is 0 Å². The first-order valence-corrected chi connectivity index (χ1v) is 13.0. The van der Waals surface area contributed by atoms with Crippen LogP contribution in [0.1, 0.15) is 42.3 Å². The molecule has 0 aliphatic carbocycles. The SMILES string of the molecule is CCOc1cc(C(=O)N(Cc2cc3cc(C)ccc3[nH]c2=O)c2cccc(OC)c2)cc(OCC)c1OCC. The number of rotatable bonds is 11. The predicted molar refractivity (Wildman–Crippen MR) is 153 cm³/mol. The van der Waals surface area contributed by atoms with Crippen molar-refractivity contribution in [1.82, 2.24) is 4.98 Å². The quantitative estimate of drug-likeness (QED) is 0.260. The van der Waals surface area contributed by atoms with Crippen LogP contribution >= 0.6 is 0 Å². The Morgan fingerprint density at radius 3 is 2.21 bits per heavy atom. The summed E-state index contributed by atoms with van der Waals surface area (Å²) in [6.07, 6.45) is 0. The highest BCUT2D eigenvalue weighted by molar-refractivity contribution is 6.07. The van der Waals surface area contributed by atoms with Gasteiger partial charge < -0.3 is 28.8 Å². The van der Waals surface area contributed by atoms with Crippen molar-refractivity contribution in [3.05, 3.63) is 87.7 Å². The lowest BCUT2D eigenvalue weighted by atomic mass is 10.1. The monoisotopic (exact) mass is 530 g/mol. The first kappa shape index (κ1) is 27.6. The number of hydrogen-bond donors (Lipinski definition) is 1. The fraction of sp³-hybridized carbons (Fsp3) is 0.290. The van der Waals surface area contributed by atoms with Gasteiger partial charge in [0.2, 0.25) is 5.75 Å². The normalized spacial score (nSPS) is 10.8. The molecule has 0 spiro atoms. The van der Waals surface area contributed by atoms with Crippen LogP contribution in [0.5, 0.6) is 23.0 Å². The zero-order valence-corrected chi connectivity index (χ0v) is 23.0. The molecule has 0 unspecified atom stereocenters. The van der Waals surface area contributed by atoms with Crippen LogP contribution in [0.2, 0.25) is 0 Å². The summed E-state index contributed by atoms with van der Waals surface area (Å²) in [4.78, 5) is 31.8. The molecule has 0 atom stereocenters. The van der Waals surface area contributed by atoms with Gasteiger partial charge in [-0.15, -0.1) is 0 Å². The number of carbonyl (C=O) groups is 1. The summed E-state index contributed by atoms with van der Waals surface area (Å²) in [5.74, 6) is 1.53. The molecule has 1 heterocycles. The van der Waals surface area contributed by atoms with Gasteiger partial charge in [0.25, 0.3) is 11.5 Å². The van der Waals surface area contributed by atoms with E-state index < -0.39 is 0 Å². The van der Waals surface area contributed by atoms with Gasteiger partial charge in [-0.3, -0.25) is 9.59 Å². The van der Waals surface area contributed by atoms with E-state index in [0.717, 1.165) is 16.5 Å². The van der Waals surface area contributed by atoms with E-state index >= 15 is 0 Å². The van der Waals surface area contributed by atoms with Crippen LogP contribution in [-0.2, 0) is 6.54 Å². The number of aromatic amines is 1. The second kappa shape index (κ2) is 12.4. The number of pyridine rings is 1. The smallest absolute Gasteiger partial charge is 0.258 e. The lowest BCUT2D eigenvalue weighted by Crippen LogP contribution is -2.33. The molecular formula is C31H34N2O6. The molecule has 0 saturated heterocycles. The fourth-order valence-electron chi connectivity index (χ4n) is 4.39. The summed E-state index contributed by atoms with van der Waals surface area (Å²) in [5, 5.41) is 0.890. The molecule has 8 nitrogen and oxygen atoms in total. The Labute approximate surface area is 228 Å². The van der Waals surface area contributed by atoms with Gasteiger partial charge in [-0.05, 0) is 75.5 Å². The minimum atomic E-state index is -0.336. The number of benzene rings is 3. The molecule has 204 valence electrons. The van der Waals surface area contributed by atoms with Gasteiger partial charge in [0.1, 0.15) is 5.75 Å². The van der Waals surface area contributed by atoms with E-state index in [0.29, 0.717) is 59.6 Å². The van der Waals surface area contributed by atoms with Crippen molar-refractivity contribution in [2.24, 2.45) is 0 Å². The van der Waals surface area contributed by atoms with E-state index in [1.807, 2.05) is 52.0 Å². The van der Waals surface area contributed by atoms with Crippen molar-refractivity contribution in [1.29, 1.82) is 0 Å². The third kappa shape index (κ3) is 6.17. The van der Waals surface area contributed by atoms with Crippen molar-refractivity contribution in [2.45, 2.75) is 34.2 Å². The molecule has 4 rings (SSSR count). The minimum absolute atomic E-state index is 0.0341. The zero-order valence-electron chi connectivity index (χ0n) is 23.0. The molecule has 1 amide bonds. The number of anilines is 1. The van der Waals surface area contributed by atoms with Gasteiger partial charge in [-0.2, -0.15) is 0 Å². The number of fused-ring (bicyclic) bond motifs is 1. The molecule has 3 aromatic carbocycles. The molecular weight excluding hydrogens is 496 g/mol. The van der Waals surface area contributed by atoms with Crippen molar-refractivity contribution >= 4 is 22.5 Å². The maximum Gasteiger partial charge on any atom is 0.258 e. The van der Waals surface area contributed by atoms with Crippen molar-refractivity contribution in [2.75, 3.05) is 31.8 Å². The third-order valence-electron chi connectivity index (χ3n) is 6.17. The van der Waals surface area contributed by atoms with Crippen molar-refractivity contribution < 1.29 is 23.7 Å². The molecule has 8 heteroatoms. The zero-order chi connectivity index (χ0) is 27.9. The Kier molecular flexibility index (Phi) is 8.76. The van der Waals surface area contributed by atoms with Crippen LogP contribution < -0.4 is 29.4 Å². The van der Waals surface area contributed by atoms with E-state index in [9.17, 15) is 9.59 Å². The average Bonchev–Trinajstić information content (AvgIpc) is 2.93. The number of amides is 1. The number of carbonyl (C=O) groups excluding carboxylic acids is 1. The summed E-state index contributed by atoms with van der Waals surface area (Å²) >= 11 is 0. The number of aryl methyl sites for hydroxylation is 1. The second-order valence-corrected chi connectivity index (χ2v) is 8.91. The Bertz CT molecular complexity index is 1500. The van der Waals surface area contributed by atoms with Crippen molar-refractivity contribution in [3.8, 4) is 23.0 Å². The molecule has 0 radical (unpaired) electrons. The van der Waals surface area contributed by atoms with Crippen LogP contribution in [0.25, 0.3) is 10.9 Å². The molecule has 0 aliphatic rings. The van der Waals surface area contributed by atoms with Crippen LogP contribution in [0.15, 0.2) is 65.5 Å². The Morgan fingerprint density at radius 1 is 0.872 bits per heavy atom. The molecule has 0 bridgehead atoms. The highest BCUT2D eigenvalue weighted by atomic mass is 16.5. The number of nitrogens with one attached hydrogen (secondary N) is 1. The predicted octanol–water partition coefficient (Wildman–Crippen LogP) is 5.89.